The molecule has 0 aliphatic carbocycles. The molecule has 0 aliphatic heterocycles. The normalized spacial score (nSPS) is 12.0. The number of nitrogens with zero attached hydrogens (tertiary/aromatic N) is 3. The molecule has 0 unspecified atom stereocenters. The summed E-state index contributed by atoms with van der Waals surface area (Å²) in [6, 6.07) is 7.49. The molecule has 7 heteroatoms. The Balaban J connectivity index is 1.72. The molecule has 2 aromatic heterocycles. The van der Waals surface area contributed by atoms with Crippen LogP contribution in [-0.4, -0.2) is 27.8 Å². The molecule has 0 aliphatic rings. The fraction of sp³-hybridized carbons (Fsp3) is 0.278. The fourth-order valence-electron chi connectivity index (χ4n) is 2.53. The number of aromatic nitrogens is 3. The highest BCUT2D eigenvalue weighted by Gasteiger charge is 2.18. The van der Waals surface area contributed by atoms with Crippen LogP contribution in [0, 0.1) is 6.92 Å². The minimum atomic E-state index is -0.188. The number of nitrogens with one attached hydrogen (secondary N) is 1. The van der Waals surface area contributed by atoms with Gasteiger partial charge in [-0.1, -0.05) is 0 Å². The van der Waals surface area contributed by atoms with Crippen molar-refractivity contribution in [3.05, 3.63) is 52.8 Å². The van der Waals surface area contributed by atoms with Gasteiger partial charge in [-0.2, -0.15) is 5.10 Å². The molecular formula is C18H20N4O2S. The van der Waals surface area contributed by atoms with E-state index in [2.05, 4.69) is 15.4 Å². The Labute approximate surface area is 150 Å². The highest BCUT2D eigenvalue weighted by Crippen LogP contribution is 2.26. The van der Waals surface area contributed by atoms with Gasteiger partial charge in [0.25, 0.3) is 5.91 Å². The summed E-state index contributed by atoms with van der Waals surface area (Å²) in [5, 5.41) is 9.78. The Bertz CT molecular complexity index is 883. The molecule has 1 amide bonds. The molecular weight excluding hydrogens is 336 g/mol. The van der Waals surface area contributed by atoms with E-state index >= 15 is 0 Å². The van der Waals surface area contributed by atoms with Gasteiger partial charge in [-0.15, -0.1) is 11.3 Å². The lowest BCUT2D eigenvalue weighted by atomic mass is 10.1. The van der Waals surface area contributed by atoms with Gasteiger partial charge in [-0.05, 0) is 38.1 Å². The van der Waals surface area contributed by atoms with Gasteiger partial charge in [0.15, 0.2) is 0 Å². The van der Waals surface area contributed by atoms with E-state index < -0.39 is 0 Å². The van der Waals surface area contributed by atoms with Crippen LogP contribution in [0.15, 0.2) is 35.8 Å². The summed E-state index contributed by atoms with van der Waals surface area (Å²) in [5.41, 5.74) is 3.41. The molecule has 0 radical (unpaired) electrons. The summed E-state index contributed by atoms with van der Waals surface area (Å²) in [6.07, 6.45) is 1.78. The van der Waals surface area contributed by atoms with Gasteiger partial charge >= 0.3 is 0 Å². The highest BCUT2D eigenvalue weighted by atomic mass is 32.1. The zero-order valence-electron chi connectivity index (χ0n) is 14.6. The van der Waals surface area contributed by atoms with Crippen molar-refractivity contribution >= 4 is 17.2 Å². The van der Waals surface area contributed by atoms with Crippen LogP contribution in [-0.2, 0) is 7.05 Å². The number of thiazole rings is 1. The Morgan fingerprint density at radius 1 is 1.32 bits per heavy atom. The molecule has 130 valence electrons. The SMILES string of the molecule is COc1ccc(-c2nc(C(=O)N[C@@H](C)c3cnn(C)c3C)cs2)cc1. The Morgan fingerprint density at radius 3 is 2.64 bits per heavy atom. The van der Waals surface area contributed by atoms with Crippen LogP contribution < -0.4 is 10.1 Å². The molecule has 25 heavy (non-hydrogen) atoms. The van der Waals surface area contributed by atoms with Gasteiger partial charge < -0.3 is 10.1 Å². The van der Waals surface area contributed by atoms with Crippen molar-refractivity contribution < 1.29 is 9.53 Å². The number of rotatable bonds is 5. The second-order valence-electron chi connectivity index (χ2n) is 5.77. The molecule has 1 N–H and O–H groups in total. The number of amides is 1. The fourth-order valence-corrected chi connectivity index (χ4v) is 3.34. The number of aryl methyl sites for hydroxylation is 1. The molecule has 0 bridgehead atoms. The predicted molar refractivity (Wildman–Crippen MR) is 97.9 cm³/mol. The third-order valence-electron chi connectivity index (χ3n) is 4.16. The monoisotopic (exact) mass is 356 g/mol. The maximum absolute atomic E-state index is 12.5. The number of hydrogen-bond acceptors (Lipinski definition) is 5. The number of ether oxygens (including phenoxy) is 1. The molecule has 3 aromatic rings. The van der Waals surface area contributed by atoms with Crippen LogP contribution in [0.25, 0.3) is 10.6 Å². The number of benzene rings is 1. The van der Waals surface area contributed by atoms with Crippen molar-refractivity contribution in [3.63, 3.8) is 0 Å². The van der Waals surface area contributed by atoms with E-state index in [0.717, 1.165) is 27.6 Å². The number of methoxy groups -OCH3 is 1. The van der Waals surface area contributed by atoms with Gasteiger partial charge in [0.2, 0.25) is 0 Å². The third kappa shape index (κ3) is 3.56. The van der Waals surface area contributed by atoms with E-state index in [1.54, 1.807) is 23.4 Å². The van der Waals surface area contributed by atoms with Gasteiger partial charge in [0, 0.05) is 29.2 Å². The molecule has 6 nitrogen and oxygen atoms in total. The molecule has 0 spiro atoms. The van der Waals surface area contributed by atoms with Crippen molar-refractivity contribution in [2.45, 2.75) is 19.9 Å². The molecule has 0 saturated carbocycles. The average Bonchev–Trinajstić information content (AvgIpc) is 3.23. The highest BCUT2D eigenvalue weighted by molar-refractivity contribution is 7.13. The van der Waals surface area contributed by atoms with E-state index in [1.807, 2.05) is 45.2 Å². The molecule has 1 atom stereocenters. The minimum Gasteiger partial charge on any atom is -0.497 e. The van der Waals surface area contributed by atoms with Crippen LogP contribution in [0.5, 0.6) is 5.75 Å². The second-order valence-corrected chi connectivity index (χ2v) is 6.63. The van der Waals surface area contributed by atoms with Gasteiger partial charge in [0.05, 0.1) is 19.3 Å². The minimum absolute atomic E-state index is 0.132. The van der Waals surface area contributed by atoms with Crippen LogP contribution in [0.4, 0.5) is 0 Å². The lowest BCUT2D eigenvalue weighted by Gasteiger charge is -2.12. The quantitative estimate of drug-likeness (QED) is 0.761. The largest absolute Gasteiger partial charge is 0.497 e. The molecule has 2 heterocycles. The molecule has 3 rings (SSSR count). The lowest BCUT2D eigenvalue weighted by molar-refractivity contribution is 0.0935. The van der Waals surface area contributed by atoms with Gasteiger partial charge in [0.1, 0.15) is 16.5 Å². The maximum atomic E-state index is 12.5. The van der Waals surface area contributed by atoms with Crippen molar-refractivity contribution in [1.82, 2.24) is 20.1 Å². The van der Waals surface area contributed by atoms with E-state index in [0.29, 0.717) is 5.69 Å². The number of hydrogen-bond donors (Lipinski definition) is 1. The Kier molecular flexibility index (Phi) is 4.85. The second kappa shape index (κ2) is 7.06. The standard InChI is InChI=1S/C18H20N4O2S/c1-11(15-9-19-22(3)12(15)2)20-17(23)16-10-25-18(21-16)13-5-7-14(24-4)8-6-13/h5-11H,1-4H3,(H,20,23)/t11-/m0/s1. The number of carbonyl (C=O) groups is 1. The maximum Gasteiger partial charge on any atom is 0.271 e. The molecule has 0 saturated heterocycles. The zero-order chi connectivity index (χ0) is 18.0. The van der Waals surface area contributed by atoms with E-state index in [-0.39, 0.29) is 11.9 Å². The lowest BCUT2D eigenvalue weighted by Crippen LogP contribution is -2.27. The smallest absolute Gasteiger partial charge is 0.271 e. The van der Waals surface area contributed by atoms with E-state index in [1.165, 1.54) is 11.3 Å². The Hall–Kier alpha value is -2.67. The predicted octanol–water partition coefficient (Wildman–Crippen LogP) is 3.35. The molecule has 1 aromatic carbocycles. The first-order valence-corrected chi connectivity index (χ1v) is 8.77. The van der Waals surface area contributed by atoms with Crippen LogP contribution in [0.1, 0.15) is 34.7 Å². The third-order valence-corrected chi connectivity index (χ3v) is 5.05. The van der Waals surface area contributed by atoms with Crippen LogP contribution in [0.2, 0.25) is 0 Å². The summed E-state index contributed by atoms with van der Waals surface area (Å²) in [5.74, 6) is 0.603. The number of carbonyl (C=O) groups excluding carboxylic acids is 1. The van der Waals surface area contributed by atoms with Gasteiger partial charge in [-0.25, -0.2) is 4.98 Å². The van der Waals surface area contributed by atoms with E-state index in [4.69, 9.17) is 4.74 Å². The van der Waals surface area contributed by atoms with Crippen molar-refractivity contribution in [3.8, 4) is 16.3 Å². The first-order valence-electron chi connectivity index (χ1n) is 7.89. The summed E-state index contributed by atoms with van der Waals surface area (Å²) < 4.78 is 6.95. The van der Waals surface area contributed by atoms with Crippen LogP contribution >= 0.6 is 11.3 Å². The summed E-state index contributed by atoms with van der Waals surface area (Å²) >= 11 is 1.45. The van der Waals surface area contributed by atoms with Crippen molar-refractivity contribution in [2.75, 3.05) is 7.11 Å². The van der Waals surface area contributed by atoms with Crippen molar-refractivity contribution in [1.29, 1.82) is 0 Å². The topological polar surface area (TPSA) is 69.0 Å². The van der Waals surface area contributed by atoms with Gasteiger partial charge in [-0.3, -0.25) is 9.48 Å². The average molecular weight is 356 g/mol. The molecule has 0 fully saturated rings. The Morgan fingerprint density at radius 2 is 2.04 bits per heavy atom. The first-order chi connectivity index (χ1) is 12.0. The summed E-state index contributed by atoms with van der Waals surface area (Å²) in [7, 11) is 3.51. The first kappa shape index (κ1) is 17.2. The zero-order valence-corrected chi connectivity index (χ0v) is 15.4. The summed E-state index contributed by atoms with van der Waals surface area (Å²) in [6.45, 7) is 3.92. The van der Waals surface area contributed by atoms with Crippen LogP contribution in [0.3, 0.4) is 0 Å². The van der Waals surface area contributed by atoms with E-state index in [9.17, 15) is 4.79 Å². The summed E-state index contributed by atoms with van der Waals surface area (Å²) in [4.78, 5) is 16.9. The van der Waals surface area contributed by atoms with Crippen molar-refractivity contribution in [2.24, 2.45) is 7.05 Å².